The van der Waals surface area contributed by atoms with E-state index < -0.39 is 0 Å². The van der Waals surface area contributed by atoms with Gasteiger partial charge in [-0.15, -0.1) is 21.5 Å². The number of aryl methyl sites for hydroxylation is 1. The summed E-state index contributed by atoms with van der Waals surface area (Å²) in [6.07, 6.45) is 3.31. The second-order valence-electron chi connectivity index (χ2n) is 8.41. The molecule has 0 unspecified atom stereocenters. The zero-order chi connectivity index (χ0) is 23.4. The second kappa shape index (κ2) is 7.94. The molecule has 0 amide bonds. The summed E-state index contributed by atoms with van der Waals surface area (Å²) < 4.78 is 3.78. The fourth-order valence-electron chi connectivity index (χ4n) is 4.60. The molecule has 1 aliphatic carbocycles. The first-order chi connectivity index (χ1) is 16.5. The van der Waals surface area contributed by atoms with Gasteiger partial charge in [0.1, 0.15) is 5.82 Å². The van der Waals surface area contributed by atoms with E-state index in [1.807, 2.05) is 48.0 Å². The van der Waals surface area contributed by atoms with E-state index >= 15 is 0 Å². The molecule has 0 bridgehead atoms. The third-order valence-corrected chi connectivity index (χ3v) is 7.51. The Kier molecular flexibility index (Phi) is 4.86. The molecule has 3 aromatic heterocycles. The summed E-state index contributed by atoms with van der Waals surface area (Å²) in [5.41, 5.74) is 2.64. The molecule has 1 N–H and O–H groups in total. The van der Waals surface area contributed by atoms with Gasteiger partial charge in [0.15, 0.2) is 10.8 Å². The Hall–Kier alpha value is -3.74. The van der Waals surface area contributed by atoms with E-state index in [4.69, 9.17) is 16.9 Å². The molecule has 34 heavy (non-hydrogen) atoms. The molecule has 1 saturated carbocycles. The molecular formula is C24H18ClN7OS. The maximum Gasteiger partial charge on any atom is 0.326 e. The van der Waals surface area contributed by atoms with E-state index in [0.29, 0.717) is 21.9 Å². The van der Waals surface area contributed by atoms with Gasteiger partial charge in [-0.2, -0.15) is 5.26 Å². The number of para-hydroxylation sites is 1. The average Bonchev–Trinajstić information content (AvgIpc) is 3.50. The van der Waals surface area contributed by atoms with Gasteiger partial charge in [0.05, 0.1) is 33.4 Å². The monoisotopic (exact) mass is 487 g/mol. The SMILES string of the molecule is Cc1cnc(-c2nnc([C@H]3C[C@H](n4c(=O)[nH]c5cc(C#N)ccc54)C3)n2-c2ccccc2Cl)s1. The van der Waals surface area contributed by atoms with Gasteiger partial charge in [0.2, 0.25) is 0 Å². The van der Waals surface area contributed by atoms with E-state index in [9.17, 15) is 4.79 Å². The van der Waals surface area contributed by atoms with Gasteiger partial charge in [-0.1, -0.05) is 23.7 Å². The lowest BCUT2D eigenvalue weighted by Gasteiger charge is -2.35. The lowest BCUT2D eigenvalue weighted by molar-refractivity contribution is 0.254. The fraction of sp³-hybridized carbons (Fsp3) is 0.208. The lowest BCUT2D eigenvalue weighted by Crippen LogP contribution is -2.32. The highest BCUT2D eigenvalue weighted by Gasteiger charge is 2.38. The maximum atomic E-state index is 12.7. The minimum atomic E-state index is -0.167. The minimum Gasteiger partial charge on any atom is -0.305 e. The molecule has 6 rings (SSSR count). The first kappa shape index (κ1) is 20.8. The van der Waals surface area contributed by atoms with Gasteiger partial charge in [0.25, 0.3) is 0 Å². The van der Waals surface area contributed by atoms with Crippen molar-refractivity contribution in [2.75, 3.05) is 0 Å². The molecule has 1 fully saturated rings. The molecule has 168 valence electrons. The number of benzene rings is 2. The first-order valence-corrected chi connectivity index (χ1v) is 12.0. The number of imidazole rings is 1. The Morgan fingerprint density at radius 1 is 1.21 bits per heavy atom. The molecule has 5 aromatic rings. The number of hydrogen-bond donors (Lipinski definition) is 1. The van der Waals surface area contributed by atoms with Crippen molar-refractivity contribution in [3.05, 3.63) is 80.4 Å². The summed E-state index contributed by atoms with van der Waals surface area (Å²) >= 11 is 8.13. The number of nitrogens with one attached hydrogen (secondary N) is 1. The predicted octanol–water partition coefficient (Wildman–Crippen LogP) is 4.99. The Balaban J connectivity index is 1.38. The van der Waals surface area contributed by atoms with Crippen LogP contribution in [0.5, 0.6) is 0 Å². The normalized spacial score (nSPS) is 17.6. The predicted molar refractivity (Wildman–Crippen MR) is 130 cm³/mol. The first-order valence-electron chi connectivity index (χ1n) is 10.8. The van der Waals surface area contributed by atoms with Gasteiger partial charge in [-0.3, -0.25) is 9.13 Å². The Bertz CT molecular complexity index is 1650. The van der Waals surface area contributed by atoms with Crippen molar-refractivity contribution in [3.8, 4) is 22.6 Å². The topological polar surface area (TPSA) is 105 Å². The number of halogens is 1. The highest BCUT2D eigenvalue weighted by atomic mass is 35.5. The molecule has 10 heteroatoms. The van der Waals surface area contributed by atoms with Gasteiger partial charge in [-0.25, -0.2) is 9.78 Å². The van der Waals surface area contributed by atoms with Gasteiger partial charge < -0.3 is 4.98 Å². The molecule has 2 aromatic carbocycles. The average molecular weight is 488 g/mol. The quantitative estimate of drug-likeness (QED) is 0.384. The lowest BCUT2D eigenvalue weighted by atomic mass is 9.79. The van der Waals surface area contributed by atoms with Crippen molar-refractivity contribution < 1.29 is 0 Å². The Morgan fingerprint density at radius 2 is 2.03 bits per heavy atom. The van der Waals surface area contributed by atoms with Crippen LogP contribution in [0.4, 0.5) is 0 Å². The number of aromatic nitrogens is 6. The summed E-state index contributed by atoms with van der Waals surface area (Å²) in [6.45, 7) is 2.01. The molecule has 0 atom stereocenters. The molecule has 0 aliphatic heterocycles. The highest BCUT2D eigenvalue weighted by Crippen LogP contribution is 2.46. The number of nitrogens with zero attached hydrogens (tertiary/aromatic N) is 6. The van der Waals surface area contributed by atoms with Crippen LogP contribution in [0.1, 0.15) is 41.1 Å². The van der Waals surface area contributed by atoms with Gasteiger partial charge in [0, 0.05) is 23.0 Å². The zero-order valence-electron chi connectivity index (χ0n) is 18.1. The molecule has 3 heterocycles. The van der Waals surface area contributed by atoms with E-state index in [1.54, 1.807) is 28.0 Å². The summed E-state index contributed by atoms with van der Waals surface area (Å²) in [7, 11) is 0. The van der Waals surface area contributed by atoms with Crippen molar-refractivity contribution in [1.29, 1.82) is 5.26 Å². The van der Waals surface area contributed by atoms with E-state index in [1.165, 1.54) is 0 Å². The minimum absolute atomic E-state index is 0.0288. The van der Waals surface area contributed by atoms with Crippen LogP contribution in [0.3, 0.4) is 0 Å². The number of hydrogen-bond acceptors (Lipinski definition) is 6. The molecule has 8 nitrogen and oxygen atoms in total. The largest absolute Gasteiger partial charge is 0.326 e. The summed E-state index contributed by atoms with van der Waals surface area (Å²) in [5.74, 6) is 1.59. The van der Waals surface area contributed by atoms with Crippen LogP contribution in [-0.2, 0) is 0 Å². The second-order valence-corrected chi connectivity index (χ2v) is 10.1. The standard InChI is InChI=1S/C24H18ClN7OS/c1-13-12-27-23(34-13)22-30-29-21(32(22)19-5-3-2-4-17(19)25)15-9-16(10-15)31-20-7-6-14(11-26)8-18(20)28-24(31)33/h2-8,12,15-16H,9-10H2,1H3,(H,28,33)/t15-,16-. The van der Waals surface area contributed by atoms with Crippen molar-refractivity contribution in [1.82, 2.24) is 29.3 Å². The number of fused-ring (bicyclic) bond motifs is 1. The molecule has 0 spiro atoms. The van der Waals surface area contributed by atoms with Crippen molar-refractivity contribution in [2.45, 2.75) is 31.7 Å². The Morgan fingerprint density at radius 3 is 2.76 bits per heavy atom. The number of thiazole rings is 1. The van der Waals surface area contributed by atoms with E-state index in [2.05, 4.69) is 26.2 Å². The zero-order valence-corrected chi connectivity index (χ0v) is 19.6. The Labute approximate surface area is 203 Å². The molecule has 0 radical (unpaired) electrons. The smallest absolute Gasteiger partial charge is 0.305 e. The molecule has 1 aliphatic rings. The summed E-state index contributed by atoms with van der Waals surface area (Å²) in [4.78, 5) is 21.2. The van der Waals surface area contributed by atoms with Crippen LogP contribution >= 0.6 is 22.9 Å². The van der Waals surface area contributed by atoms with Crippen LogP contribution in [0.15, 0.2) is 53.5 Å². The van der Waals surface area contributed by atoms with Crippen molar-refractivity contribution in [3.63, 3.8) is 0 Å². The third kappa shape index (κ3) is 3.26. The maximum absolute atomic E-state index is 12.7. The van der Waals surface area contributed by atoms with Crippen molar-refractivity contribution in [2.24, 2.45) is 0 Å². The van der Waals surface area contributed by atoms with Crippen molar-refractivity contribution >= 4 is 34.0 Å². The van der Waals surface area contributed by atoms with Crippen LogP contribution < -0.4 is 5.69 Å². The summed E-state index contributed by atoms with van der Waals surface area (Å²) in [5, 5.41) is 19.6. The van der Waals surface area contributed by atoms with Crippen LogP contribution in [0.2, 0.25) is 5.02 Å². The number of aromatic amines is 1. The van der Waals surface area contributed by atoms with Gasteiger partial charge in [-0.05, 0) is 50.1 Å². The number of nitriles is 1. The van der Waals surface area contributed by atoms with E-state index in [0.717, 1.165) is 39.8 Å². The number of H-pyrrole nitrogens is 1. The highest BCUT2D eigenvalue weighted by molar-refractivity contribution is 7.14. The van der Waals surface area contributed by atoms with Crippen LogP contribution in [0, 0.1) is 18.3 Å². The van der Waals surface area contributed by atoms with Crippen LogP contribution in [0.25, 0.3) is 27.6 Å². The van der Waals surface area contributed by atoms with Crippen LogP contribution in [-0.4, -0.2) is 29.3 Å². The third-order valence-electron chi connectivity index (χ3n) is 6.28. The van der Waals surface area contributed by atoms with E-state index in [-0.39, 0.29) is 17.6 Å². The van der Waals surface area contributed by atoms with Gasteiger partial charge >= 0.3 is 5.69 Å². The number of rotatable bonds is 4. The molecule has 0 saturated heterocycles. The summed E-state index contributed by atoms with van der Waals surface area (Å²) in [6, 6.07) is 15.0. The fourth-order valence-corrected chi connectivity index (χ4v) is 5.56. The molecular weight excluding hydrogens is 470 g/mol.